The summed E-state index contributed by atoms with van der Waals surface area (Å²) in [7, 11) is 0. The first-order valence-corrected chi connectivity index (χ1v) is 12.7. The number of anilines is 1. The van der Waals surface area contributed by atoms with Crippen molar-refractivity contribution in [3.63, 3.8) is 0 Å². The Bertz CT molecular complexity index is 1390. The van der Waals surface area contributed by atoms with Crippen LogP contribution < -0.4 is 14.4 Å². The summed E-state index contributed by atoms with van der Waals surface area (Å²) in [4.78, 5) is 41.0. The van der Waals surface area contributed by atoms with Crippen molar-refractivity contribution in [3.05, 3.63) is 102 Å². The van der Waals surface area contributed by atoms with Gasteiger partial charge in [-0.15, -0.1) is 0 Å². The van der Waals surface area contributed by atoms with Gasteiger partial charge in [-0.2, -0.15) is 0 Å². The third-order valence-electron chi connectivity index (χ3n) is 8.29. The predicted molar refractivity (Wildman–Crippen MR) is 136 cm³/mol. The zero-order valence-corrected chi connectivity index (χ0v) is 20.0. The van der Waals surface area contributed by atoms with Crippen LogP contribution in [-0.2, 0) is 16.2 Å². The third-order valence-corrected chi connectivity index (χ3v) is 8.29. The van der Waals surface area contributed by atoms with Crippen LogP contribution in [0.25, 0.3) is 0 Å². The van der Waals surface area contributed by atoms with E-state index in [1.54, 1.807) is 48.5 Å². The van der Waals surface area contributed by atoms with Crippen molar-refractivity contribution in [2.45, 2.75) is 13.0 Å². The standard InChI is InChI=1S/C31H25NO5/c33-29-27-23-13-14-24(26-16-25(23)26)28(27)30(34)32(29)20-8-4-7-19(15-20)31(35)37-22-11-9-21(10-12-22)36-17-18-5-2-1-3-6-18/h1-15,23-28H,16-17H2/t23-,24-,25-,26-,27-,28+/m1/s1. The summed E-state index contributed by atoms with van der Waals surface area (Å²) in [5.41, 5.74) is 1.77. The Hall–Kier alpha value is -4.19. The van der Waals surface area contributed by atoms with Crippen molar-refractivity contribution in [3.8, 4) is 11.5 Å². The van der Waals surface area contributed by atoms with Crippen molar-refractivity contribution in [1.82, 2.24) is 0 Å². The van der Waals surface area contributed by atoms with Gasteiger partial charge in [0.05, 0.1) is 23.1 Å². The second-order valence-electron chi connectivity index (χ2n) is 10.4. The molecule has 0 aromatic heterocycles. The molecule has 3 fully saturated rings. The first-order valence-electron chi connectivity index (χ1n) is 12.7. The molecular weight excluding hydrogens is 466 g/mol. The number of amides is 2. The second kappa shape index (κ2) is 8.44. The molecule has 6 nitrogen and oxygen atoms in total. The lowest BCUT2D eigenvalue weighted by Crippen LogP contribution is -2.40. The van der Waals surface area contributed by atoms with Gasteiger partial charge in [-0.1, -0.05) is 48.6 Å². The molecule has 2 bridgehead atoms. The molecular formula is C31H25NO5. The highest BCUT2D eigenvalue weighted by atomic mass is 16.5. The predicted octanol–water partition coefficient (Wildman–Crippen LogP) is 5.04. The summed E-state index contributed by atoms with van der Waals surface area (Å²) in [5.74, 6) is 1.07. The second-order valence-corrected chi connectivity index (χ2v) is 10.4. The molecule has 5 aliphatic rings. The van der Waals surface area contributed by atoms with Crippen molar-refractivity contribution < 1.29 is 23.9 Å². The lowest BCUT2D eigenvalue weighted by molar-refractivity contribution is -0.124. The van der Waals surface area contributed by atoms with E-state index >= 15 is 0 Å². The first-order chi connectivity index (χ1) is 18.1. The lowest BCUT2D eigenvalue weighted by atomic mass is 9.63. The van der Waals surface area contributed by atoms with E-state index in [0.29, 0.717) is 35.6 Å². The minimum absolute atomic E-state index is 0.142. The van der Waals surface area contributed by atoms with Crippen LogP contribution in [0.15, 0.2) is 91.0 Å². The minimum Gasteiger partial charge on any atom is -0.489 e. The topological polar surface area (TPSA) is 72.9 Å². The van der Waals surface area contributed by atoms with Gasteiger partial charge < -0.3 is 9.47 Å². The van der Waals surface area contributed by atoms with Crippen molar-refractivity contribution in [2.24, 2.45) is 35.5 Å². The van der Waals surface area contributed by atoms with Gasteiger partial charge in [0.2, 0.25) is 11.8 Å². The molecule has 0 unspecified atom stereocenters. The molecule has 6 heteroatoms. The number of nitrogens with zero attached hydrogens (tertiary/aromatic N) is 1. The van der Waals surface area contributed by atoms with Crippen LogP contribution in [-0.4, -0.2) is 17.8 Å². The maximum absolute atomic E-state index is 13.4. The van der Waals surface area contributed by atoms with Gasteiger partial charge >= 0.3 is 5.97 Å². The van der Waals surface area contributed by atoms with Gasteiger partial charge in [-0.25, -0.2) is 9.69 Å². The Morgan fingerprint density at radius 1 is 0.784 bits per heavy atom. The highest BCUT2D eigenvalue weighted by Crippen LogP contribution is 2.65. The van der Waals surface area contributed by atoms with E-state index in [-0.39, 0.29) is 41.0 Å². The number of benzene rings is 3. The van der Waals surface area contributed by atoms with Crippen molar-refractivity contribution in [1.29, 1.82) is 0 Å². The maximum Gasteiger partial charge on any atom is 0.343 e. The Morgan fingerprint density at radius 2 is 1.43 bits per heavy atom. The van der Waals surface area contributed by atoms with Gasteiger partial charge in [0, 0.05) is 0 Å². The van der Waals surface area contributed by atoms with Crippen molar-refractivity contribution in [2.75, 3.05) is 4.90 Å². The molecule has 2 saturated carbocycles. The molecule has 3 aromatic rings. The fourth-order valence-corrected chi connectivity index (χ4v) is 6.49. The highest BCUT2D eigenvalue weighted by Gasteiger charge is 2.67. The van der Waals surface area contributed by atoms with Crippen molar-refractivity contribution >= 4 is 23.5 Å². The van der Waals surface area contributed by atoms with Crippen LogP contribution in [0, 0.1) is 35.5 Å². The van der Waals surface area contributed by atoms with Gasteiger partial charge in [0.25, 0.3) is 0 Å². The fourth-order valence-electron chi connectivity index (χ4n) is 6.49. The smallest absolute Gasteiger partial charge is 0.343 e. The van der Waals surface area contributed by atoms with Gasteiger partial charge in [0.1, 0.15) is 18.1 Å². The van der Waals surface area contributed by atoms with E-state index in [2.05, 4.69) is 12.2 Å². The number of allylic oxidation sites excluding steroid dienone is 2. The number of hydrogen-bond acceptors (Lipinski definition) is 5. The molecule has 1 heterocycles. The average molecular weight is 492 g/mol. The van der Waals surface area contributed by atoms with Crippen LogP contribution in [0.1, 0.15) is 22.3 Å². The van der Waals surface area contributed by atoms with E-state index in [1.807, 2.05) is 30.3 Å². The highest BCUT2D eigenvalue weighted by molar-refractivity contribution is 6.23. The molecule has 37 heavy (non-hydrogen) atoms. The summed E-state index contributed by atoms with van der Waals surface area (Å²) in [6, 6.07) is 23.3. The van der Waals surface area contributed by atoms with E-state index in [9.17, 15) is 14.4 Å². The molecule has 2 amide bonds. The van der Waals surface area contributed by atoms with E-state index in [0.717, 1.165) is 12.0 Å². The molecule has 0 N–H and O–H groups in total. The summed E-state index contributed by atoms with van der Waals surface area (Å²) >= 11 is 0. The maximum atomic E-state index is 13.4. The molecule has 184 valence electrons. The Labute approximate surface area is 214 Å². The monoisotopic (exact) mass is 491 g/mol. The molecule has 0 radical (unpaired) electrons. The van der Waals surface area contributed by atoms with E-state index in [1.165, 1.54) is 4.90 Å². The van der Waals surface area contributed by atoms with Gasteiger partial charge in [-0.05, 0) is 78.1 Å². The number of ether oxygens (including phenoxy) is 2. The Balaban J connectivity index is 1.04. The van der Waals surface area contributed by atoms with Crippen LogP contribution in [0.3, 0.4) is 0 Å². The van der Waals surface area contributed by atoms with Crippen LogP contribution in [0.5, 0.6) is 11.5 Å². The van der Waals surface area contributed by atoms with E-state index < -0.39 is 5.97 Å². The largest absolute Gasteiger partial charge is 0.489 e. The van der Waals surface area contributed by atoms with Gasteiger partial charge in [0.15, 0.2) is 0 Å². The Morgan fingerprint density at radius 3 is 2.11 bits per heavy atom. The fraction of sp³-hybridized carbons (Fsp3) is 0.258. The summed E-state index contributed by atoms with van der Waals surface area (Å²) in [5, 5.41) is 0. The lowest BCUT2D eigenvalue weighted by Gasteiger charge is -2.37. The SMILES string of the molecule is O=C(Oc1ccc(OCc2ccccc2)cc1)c1cccc(N2C(=O)[C@@H]3[C@@H]4C=C[C@H]([C@H]5C[C@H]45)[C@@H]3C2=O)c1. The third kappa shape index (κ3) is 3.67. The first kappa shape index (κ1) is 22.0. The molecule has 3 aromatic carbocycles. The molecule has 1 saturated heterocycles. The zero-order chi connectivity index (χ0) is 25.1. The molecule has 0 spiro atoms. The molecule has 8 rings (SSSR count). The molecule has 1 aliphatic heterocycles. The number of esters is 1. The quantitative estimate of drug-likeness (QED) is 0.209. The summed E-state index contributed by atoms with van der Waals surface area (Å²) in [6.07, 6.45) is 5.43. The van der Waals surface area contributed by atoms with Crippen LogP contribution >= 0.6 is 0 Å². The van der Waals surface area contributed by atoms with Gasteiger partial charge in [-0.3, -0.25) is 9.59 Å². The zero-order valence-electron chi connectivity index (χ0n) is 20.0. The summed E-state index contributed by atoms with van der Waals surface area (Å²) < 4.78 is 11.3. The average Bonchev–Trinajstić information content (AvgIpc) is 3.71. The van der Waals surface area contributed by atoms with Crippen LogP contribution in [0.2, 0.25) is 0 Å². The molecule has 4 aliphatic carbocycles. The number of carbonyl (C=O) groups excluding carboxylic acids is 3. The molecule has 6 atom stereocenters. The number of hydrogen-bond donors (Lipinski definition) is 0. The number of rotatable bonds is 6. The summed E-state index contributed by atoms with van der Waals surface area (Å²) in [6.45, 7) is 0.446. The minimum atomic E-state index is -0.556. The van der Waals surface area contributed by atoms with Crippen LogP contribution in [0.4, 0.5) is 5.69 Å². The number of carbonyl (C=O) groups is 3. The normalized spacial score (nSPS) is 28.6. The van der Waals surface area contributed by atoms with E-state index in [4.69, 9.17) is 9.47 Å². The Kier molecular flexibility index (Phi) is 5.03. The number of imide groups is 1.